The van der Waals surface area contributed by atoms with Gasteiger partial charge >= 0.3 is 0 Å². The highest BCUT2D eigenvalue weighted by atomic mass is 16.5. The lowest BCUT2D eigenvalue weighted by molar-refractivity contribution is -0.121. The summed E-state index contributed by atoms with van der Waals surface area (Å²) < 4.78 is 5.81. The lowest BCUT2D eigenvalue weighted by Gasteiger charge is -2.20. The summed E-state index contributed by atoms with van der Waals surface area (Å²) in [5.74, 6) is 1.05. The predicted octanol–water partition coefficient (Wildman–Crippen LogP) is 5.21. The number of allylic oxidation sites excluding steroid dienone is 7. The Kier molecular flexibility index (Phi) is 7.61. The minimum absolute atomic E-state index is 0.00351. The molecular formula is C26H29NO3. The second-order valence-corrected chi connectivity index (χ2v) is 7.66. The third kappa shape index (κ3) is 6.18. The Morgan fingerprint density at radius 3 is 2.67 bits per heavy atom. The summed E-state index contributed by atoms with van der Waals surface area (Å²) in [4.78, 5) is 24.1. The average Bonchev–Trinajstić information content (AvgIpc) is 2.77. The molecule has 1 saturated heterocycles. The normalized spacial score (nSPS) is 21.5. The first kappa shape index (κ1) is 21.6. The minimum atomic E-state index is 0.00351. The number of piperidine rings is 1. The van der Waals surface area contributed by atoms with Crippen LogP contribution in [0, 0.1) is 5.92 Å². The fourth-order valence-corrected chi connectivity index (χ4v) is 3.58. The molecule has 0 aromatic heterocycles. The van der Waals surface area contributed by atoms with Crippen LogP contribution in [0.2, 0.25) is 0 Å². The molecule has 2 aliphatic rings. The van der Waals surface area contributed by atoms with Gasteiger partial charge < -0.3 is 10.1 Å². The Balaban J connectivity index is 1.51. The summed E-state index contributed by atoms with van der Waals surface area (Å²) in [5, 5.41) is 2.76. The van der Waals surface area contributed by atoms with E-state index >= 15 is 0 Å². The molecule has 1 unspecified atom stereocenters. The third-order valence-electron chi connectivity index (χ3n) is 5.49. The van der Waals surface area contributed by atoms with Gasteiger partial charge in [-0.3, -0.25) is 9.59 Å². The molecular weight excluding hydrogens is 374 g/mol. The molecule has 156 valence electrons. The second-order valence-electron chi connectivity index (χ2n) is 7.66. The molecule has 1 aliphatic carbocycles. The minimum Gasteiger partial charge on any atom is -0.489 e. The van der Waals surface area contributed by atoms with Crippen molar-refractivity contribution in [1.29, 1.82) is 0 Å². The van der Waals surface area contributed by atoms with Gasteiger partial charge in [-0.25, -0.2) is 0 Å². The first-order valence-electron chi connectivity index (χ1n) is 10.5. The summed E-state index contributed by atoms with van der Waals surface area (Å²) in [5.41, 5.74) is 3.85. The van der Waals surface area contributed by atoms with Crippen LogP contribution in [0.15, 0.2) is 89.7 Å². The maximum atomic E-state index is 12.6. The molecule has 1 aromatic rings. The Bertz CT molecular complexity index is 919. The van der Waals surface area contributed by atoms with E-state index in [9.17, 15) is 9.59 Å². The number of ketones is 1. The molecule has 4 heteroatoms. The SMILES string of the molecule is C=C1NC(=O)CCC1=CC(C=CC(=O)C1CC=C(COc2ccccc2)CC1)=CC. The van der Waals surface area contributed by atoms with Crippen molar-refractivity contribution in [2.24, 2.45) is 5.92 Å². The number of hydrogen-bond donors (Lipinski definition) is 1. The van der Waals surface area contributed by atoms with E-state index in [-0.39, 0.29) is 17.6 Å². The van der Waals surface area contributed by atoms with Crippen LogP contribution in [0.5, 0.6) is 5.75 Å². The monoisotopic (exact) mass is 403 g/mol. The van der Waals surface area contributed by atoms with Crippen molar-refractivity contribution in [3.63, 3.8) is 0 Å². The van der Waals surface area contributed by atoms with Crippen molar-refractivity contribution in [2.45, 2.75) is 39.0 Å². The largest absolute Gasteiger partial charge is 0.489 e. The summed E-state index contributed by atoms with van der Waals surface area (Å²) in [7, 11) is 0. The number of amides is 1. The van der Waals surface area contributed by atoms with E-state index in [4.69, 9.17) is 4.74 Å². The van der Waals surface area contributed by atoms with E-state index in [0.717, 1.165) is 36.2 Å². The van der Waals surface area contributed by atoms with E-state index < -0.39 is 0 Å². The molecule has 1 aromatic carbocycles. The molecule has 0 saturated carbocycles. The average molecular weight is 404 g/mol. The molecule has 1 heterocycles. The Hall–Kier alpha value is -3.14. The highest BCUT2D eigenvalue weighted by Crippen LogP contribution is 2.26. The molecule has 3 rings (SSSR count). The van der Waals surface area contributed by atoms with E-state index in [1.807, 2.05) is 55.5 Å². The van der Waals surface area contributed by atoms with E-state index in [1.54, 1.807) is 6.08 Å². The number of para-hydroxylation sites is 1. The summed E-state index contributed by atoms with van der Waals surface area (Å²) >= 11 is 0. The van der Waals surface area contributed by atoms with E-state index in [0.29, 0.717) is 25.1 Å². The zero-order valence-electron chi connectivity index (χ0n) is 17.5. The van der Waals surface area contributed by atoms with Crippen LogP contribution in [0.4, 0.5) is 0 Å². The van der Waals surface area contributed by atoms with Crippen molar-refractivity contribution in [3.05, 3.63) is 89.7 Å². The van der Waals surface area contributed by atoms with Gasteiger partial charge in [0.05, 0.1) is 0 Å². The number of hydrogen-bond acceptors (Lipinski definition) is 3. The Morgan fingerprint density at radius 2 is 2.00 bits per heavy atom. The number of rotatable bonds is 7. The van der Waals surface area contributed by atoms with Crippen molar-refractivity contribution >= 4 is 11.7 Å². The van der Waals surface area contributed by atoms with Gasteiger partial charge in [-0.05, 0) is 67.5 Å². The zero-order valence-corrected chi connectivity index (χ0v) is 17.5. The fraction of sp³-hybridized carbons (Fsp3) is 0.308. The smallest absolute Gasteiger partial charge is 0.224 e. The Labute approximate surface area is 178 Å². The van der Waals surface area contributed by atoms with Crippen LogP contribution in [-0.4, -0.2) is 18.3 Å². The lowest BCUT2D eigenvalue weighted by atomic mass is 9.86. The van der Waals surface area contributed by atoms with Gasteiger partial charge in [-0.1, -0.05) is 49.1 Å². The van der Waals surface area contributed by atoms with Gasteiger partial charge in [0.2, 0.25) is 5.91 Å². The molecule has 0 spiro atoms. The van der Waals surface area contributed by atoms with Crippen molar-refractivity contribution in [1.82, 2.24) is 5.32 Å². The maximum Gasteiger partial charge on any atom is 0.224 e. The van der Waals surface area contributed by atoms with Crippen LogP contribution in [0.25, 0.3) is 0 Å². The second kappa shape index (κ2) is 10.6. The van der Waals surface area contributed by atoms with Gasteiger partial charge in [-0.15, -0.1) is 0 Å². The van der Waals surface area contributed by atoms with Gasteiger partial charge in [0.1, 0.15) is 12.4 Å². The molecule has 0 radical (unpaired) electrons. The topological polar surface area (TPSA) is 55.4 Å². The van der Waals surface area contributed by atoms with Gasteiger partial charge in [0.25, 0.3) is 0 Å². The van der Waals surface area contributed by atoms with E-state index in [2.05, 4.69) is 18.0 Å². The van der Waals surface area contributed by atoms with Crippen molar-refractivity contribution in [2.75, 3.05) is 6.61 Å². The van der Waals surface area contributed by atoms with E-state index in [1.165, 1.54) is 5.57 Å². The van der Waals surface area contributed by atoms with Crippen LogP contribution < -0.4 is 10.1 Å². The third-order valence-corrected chi connectivity index (χ3v) is 5.49. The number of nitrogens with one attached hydrogen (secondary N) is 1. The van der Waals surface area contributed by atoms with Crippen molar-refractivity contribution < 1.29 is 14.3 Å². The summed E-state index contributed by atoms with van der Waals surface area (Å²) in [6.07, 6.45) is 13.3. The quantitative estimate of drug-likeness (QED) is 0.386. The van der Waals surface area contributed by atoms with Crippen molar-refractivity contribution in [3.8, 4) is 5.75 Å². The fourth-order valence-electron chi connectivity index (χ4n) is 3.58. The number of ether oxygens (including phenoxy) is 1. The first-order chi connectivity index (χ1) is 14.5. The highest BCUT2D eigenvalue weighted by molar-refractivity contribution is 5.92. The maximum absolute atomic E-state index is 12.6. The van der Waals surface area contributed by atoms with Crippen LogP contribution in [0.1, 0.15) is 39.0 Å². The lowest BCUT2D eigenvalue weighted by Crippen LogP contribution is -2.27. The molecule has 30 heavy (non-hydrogen) atoms. The summed E-state index contributed by atoms with van der Waals surface area (Å²) in [6, 6.07) is 9.78. The van der Waals surface area contributed by atoms with Gasteiger partial charge in [-0.2, -0.15) is 0 Å². The van der Waals surface area contributed by atoms with Crippen LogP contribution >= 0.6 is 0 Å². The standard InChI is InChI=1S/C26H29NO3/c1-3-20(17-23-14-16-26(29)27-19(23)2)11-15-25(28)22-12-9-21(10-13-22)18-30-24-7-5-4-6-8-24/h3-9,11,15,17,22H,2,10,12-14,16,18H2,1H3,(H,27,29). The molecule has 1 aliphatic heterocycles. The molecule has 0 bridgehead atoms. The Morgan fingerprint density at radius 1 is 1.20 bits per heavy atom. The molecule has 1 amide bonds. The molecule has 1 fully saturated rings. The molecule has 1 N–H and O–H groups in total. The number of benzene rings is 1. The zero-order chi connectivity index (χ0) is 21.3. The van der Waals surface area contributed by atoms with Crippen LogP contribution in [0.3, 0.4) is 0 Å². The summed E-state index contributed by atoms with van der Waals surface area (Å²) in [6.45, 7) is 6.43. The first-order valence-corrected chi connectivity index (χ1v) is 10.5. The van der Waals surface area contributed by atoms with Gasteiger partial charge in [0.15, 0.2) is 5.78 Å². The highest BCUT2D eigenvalue weighted by Gasteiger charge is 2.20. The molecule has 1 atom stereocenters. The predicted molar refractivity (Wildman–Crippen MR) is 120 cm³/mol. The number of carbonyl (C=O) groups excluding carboxylic acids is 2. The number of carbonyl (C=O) groups is 2. The molecule has 4 nitrogen and oxygen atoms in total. The van der Waals surface area contributed by atoms with Crippen LogP contribution in [-0.2, 0) is 9.59 Å². The van der Waals surface area contributed by atoms with Gasteiger partial charge in [0, 0.05) is 18.0 Å².